The first kappa shape index (κ1) is 16.4. The van der Waals surface area contributed by atoms with E-state index in [1.165, 1.54) is 11.3 Å². The van der Waals surface area contributed by atoms with E-state index in [1.54, 1.807) is 18.2 Å². The van der Waals surface area contributed by atoms with Crippen LogP contribution in [0, 0.1) is 12.8 Å². The van der Waals surface area contributed by atoms with Crippen LogP contribution in [0.25, 0.3) is 10.2 Å². The molecule has 0 bridgehead atoms. The molecule has 0 spiro atoms. The quantitative estimate of drug-likeness (QED) is 0.879. The standard InChI is InChI=1S/C15H18N2O4S2/c1-9-16-13-7-6-12(8-14(13)22-9)23(20,21)17-11-4-2-10(3-5-11)15(18)19/h6-8,10-11,17H,2-5H2,1H3,(H,18,19). The summed E-state index contributed by atoms with van der Waals surface area (Å²) < 4.78 is 28.6. The molecule has 0 saturated heterocycles. The largest absolute Gasteiger partial charge is 0.481 e. The number of aryl methyl sites for hydroxylation is 1. The topological polar surface area (TPSA) is 96.4 Å². The Labute approximate surface area is 138 Å². The van der Waals surface area contributed by atoms with Crippen molar-refractivity contribution in [3.8, 4) is 0 Å². The van der Waals surface area contributed by atoms with Crippen molar-refractivity contribution in [2.45, 2.75) is 43.5 Å². The zero-order valence-corrected chi connectivity index (χ0v) is 14.3. The summed E-state index contributed by atoms with van der Waals surface area (Å²) in [6.07, 6.45) is 2.13. The van der Waals surface area contributed by atoms with Crippen LogP contribution in [0.2, 0.25) is 0 Å². The number of aromatic nitrogens is 1. The lowest BCUT2D eigenvalue weighted by atomic mass is 9.87. The molecule has 1 aliphatic rings. The van der Waals surface area contributed by atoms with E-state index in [0.717, 1.165) is 15.2 Å². The Balaban J connectivity index is 1.74. The van der Waals surface area contributed by atoms with Gasteiger partial charge in [-0.05, 0) is 50.8 Å². The molecule has 23 heavy (non-hydrogen) atoms. The highest BCUT2D eigenvalue weighted by Gasteiger charge is 2.29. The first-order chi connectivity index (χ1) is 10.8. The summed E-state index contributed by atoms with van der Waals surface area (Å²) in [7, 11) is -3.60. The Bertz CT molecular complexity index is 836. The molecule has 0 aliphatic heterocycles. The normalized spacial score (nSPS) is 22.3. The molecule has 0 amide bonds. The minimum Gasteiger partial charge on any atom is -0.481 e. The highest BCUT2D eigenvalue weighted by atomic mass is 32.2. The van der Waals surface area contributed by atoms with Crippen molar-refractivity contribution in [1.29, 1.82) is 0 Å². The highest BCUT2D eigenvalue weighted by molar-refractivity contribution is 7.89. The Morgan fingerprint density at radius 3 is 2.65 bits per heavy atom. The van der Waals surface area contributed by atoms with Gasteiger partial charge in [-0.3, -0.25) is 4.79 Å². The lowest BCUT2D eigenvalue weighted by Gasteiger charge is -2.26. The fraction of sp³-hybridized carbons (Fsp3) is 0.467. The number of rotatable bonds is 4. The summed E-state index contributed by atoms with van der Waals surface area (Å²) in [6, 6.07) is 4.72. The summed E-state index contributed by atoms with van der Waals surface area (Å²) in [5.74, 6) is -1.15. The zero-order chi connectivity index (χ0) is 16.6. The van der Waals surface area contributed by atoms with E-state index in [1.807, 2.05) is 6.92 Å². The maximum atomic E-state index is 12.5. The summed E-state index contributed by atoms with van der Waals surface area (Å²) >= 11 is 1.46. The van der Waals surface area contributed by atoms with Crippen LogP contribution in [0.15, 0.2) is 23.1 Å². The summed E-state index contributed by atoms with van der Waals surface area (Å²) in [5.41, 5.74) is 0.799. The number of aliphatic carboxylic acids is 1. The predicted molar refractivity (Wildman–Crippen MR) is 88.1 cm³/mol. The third kappa shape index (κ3) is 3.54. The lowest BCUT2D eigenvalue weighted by molar-refractivity contribution is -0.142. The molecule has 2 N–H and O–H groups in total. The smallest absolute Gasteiger partial charge is 0.306 e. The fourth-order valence-corrected chi connectivity index (χ4v) is 5.20. The second-order valence-corrected chi connectivity index (χ2v) is 8.82. The van der Waals surface area contributed by atoms with Crippen LogP contribution >= 0.6 is 11.3 Å². The van der Waals surface area contributed by atoms with Crippen molar-refractivity contribution < 1.29 is 18.3 Å². The van der Waals surface area contributed by atoms with E-state index in [-0.39, 0.29) is 16.9 Å². The number of carbonyl (C=O) groups is 1. The SMILES string of the molecule is Cc1nc2ccc(S(=O)(=O)NC3CCC(C(=O)O)CC3)cc2s1. The lowest BCUT2D eigenvalue weighted by Crippen LogP contribution is -2.38. The van der Waals surface area contributed by atoms with Gasteiger partial charge in [0.15, 0.2) is 0 Å². The molecule has 1 heterocycles. The van der Waals surface area contributed by atoms with Gasteiger partial charge in [-0.15, -0.1) is 11.3 Å². The van der Waals surface area contributed by atoms with Crippen LogP contribution in [-0.4, -0.2) is 30.5 Å². The van der Waals surface area contributed by atoms with Crippen LogP contribution in [0.4, 0.5) is 0 Å². The molecule has 3 rings (SSSR count). The van der Waals surface area contributed by atoms with Gasteiger partial charge in [0, 0.05) is 6.04 Å². The van der Waals surface area contributed by atoms with Crippen molar-refractivity contribution in [2.24, 2.45) is 5.92 Å². The molecule has 0 unspecified atom stereocenters. The number of nitrogens with zero attached hydrogens (tertiary/aromatic N) is 1. The molecule has 0 atom stereocenters. The molecule has 124 valence electrons. The van der Waals surface area contributed by atoms with Gasteiger partial charge < -0.3 is 5.11 Å². The van der Waals surface area contributed by atoms with Gasteiger partial charge in [-0.25, -0.2) is 18.1 Å². The number of fused-ring (bicyclic) bond motifs is 1. The second-order valence-electron chi connectivity index (χ2n) is 5.87. The monoisotopic (exact) mass is 354 g/mol. The van der Waals surface area contributed by atoms with E-state index >= 15 is 0 Å². The second kappa shape index (κ2) is 6.18. The average Bonchev–Trinajstić information content (AvgIpc) is 2.86. The van der Waals surface area contributed by atoms with Crippen molar-refractivity contribution in [2.75, 3.05) is 0 Å². The number of carboxylic acid groups (broad SMARTS) is 1. The van der Waals surface area contributed by atoms with E-state index in [0.29, 0.717) is 25.7 Å². The van der Waals surface area contributed by atoms with Crippen LogP contribution in [0.1, 0.15) is 30.7 Å². The highest BCUT2D eigenvalue weighted by Crippen LogP contribution is 2.27. The maximum absolute atomic E-state index is 12.5. The third-order valence-electron chi connectivity index (χ3n) is 4.18. The molecule has 1 aromatic heterocycles. The predicted octanol–water partition coefficient (Wildman–Crippen LogP) is 2.53. The molecule has 0 radical (unpaired) electrons. The molecule has 2 aromatic rings. The van der Waals surface area contributed by atoms with E-state index < -0.39 is 16.0 Å². The number of carboxylic acids is 1. The van der Waals surface area contributed by atoms with Crippen LogP contribution in [-0.2, 0) is 14.8 Å². The maximum Gasteiger partial charge on any atom is 0.306 e. The number of nitrogens with one attached hydrogen (secondary N) is 1. The first-order valence-electron chi connectivity index (χ1n) is 7.47. The third-order valence-corrected chi connectivity index (χ3v) is 6.63. The van der Waals surface area contributed by atoms with Gasteiger partial charge in [0.2, 0.25) is 10.0 Å². The molecule has 1 fully saturated rings. The van der Waals surface area contributed by atoms with E-state index in [4.69, 9.17) is 5.11 Å². The number of benzene rings is 1. The summed E-state index contributed by atoms with van der Waals surface area (Å²) in [5, 5.41) is 9.89. The Morgan fingerprint density at radius 2 is 2.00 bits per heavy atom. The van der Waals surface area contributed by atoms with Crippen molar-refractivity contribution in [3.05, 3.63) is 23.2 Å². The Hall–Kier alpha value is -1.51. The van der Waals surface area contributed by atoms with Crippen molar-refractivity contribution in [1.82, 2.24) is 9.71 Å². The van der Waals surface area contributed by atoms with Gasteiger partial charge in [-0.1, -0.05) is 0 Å². The molecular formula is C15H18N2O4S2. The Morgan fingerprint density at radius 1 is 1.30 bits per heavy atom. The number of thiazole rings is 1. The molecule has 1 saturated carbocycles. The molecule has 1 aliphatic carbocycles. The van der Waals surface area contributed by atoms with Gasteiger partial charge in [0.05, 0.1) is 26.0 Å². The fourth-order valence-electron chi connectivity index (χ4n) is 2.93. The molecule has 8 heteroatoms. The van der Waals surface area contributed by atoms with Gasteiger partial charge in [0.25, 0.3) is 0 Å². The number of sulfonamides is 1. The zero-order valence-electron chi connectivity index (χ0n) is 12.7. The van der Waals surface area contributed by atoms with Crippen LogP contribution < -0.4 is 4.72 Å². The van der Waals surface area contributed by atoms with Gasteiger partial charge in [-0.2, -0.15) is 0 Å². The van der Waals surface area contributed by atoms with Crippen LogP contribution in [0.5, 0.6) is 0 Å². The number of hydrogen-bond donors (Lipinski definition) is 2. The minimum absolute atomic E-state index is 0.200. The van der Waals surface area contributed by atoms with E-state index in [9.17, 15) is 13.2 Å². The van der Waals surface area contributed by atoms with Gasteiger partial charge >= 0.3 is 5.97 Å². The molecule has 6 nitrogen and oxygen atoms in total. The molecular weight excluding hydrogens is 336 g/mol. The molecule has 1 aromatic carbocycles. The van der Waals surface area contributed by atoms with E-state index in [2.05, 4.69) is 9.71 Å². The average molecular weight is 354 g/mol. The Kier molecular flexibility index (Phi) is 4.39. The van der Waals surface area contributed by atoms with Crippen molar-refractivity contribution >= 4 is 37.5 Å². The van der Waals surface area contributed by atoms with Crippen LogP contribution in [0.3, 0.4) is 0 Å². The summed E-state index contributed by atoms with van der Waals surface area (Å²) in [4.78, 5) is 15.5. The first-order valence-corrected chi connectivity index (χ1v) is 9.77. The number of hydrogen-bond acceptors (Lipinski definition) is 5. The minimum atomic E-state index is -3.60. The van der Waals surface area contributed by atoms with Crippen molar-refractivity contribution in [3.63, 3.8) is 0 Å². The van der Waals surface area contributed by atoms with Gasteiger partial charge in [0.1, 0.15) is 0 Å². The summed E-state index contributed by atoms with van der Waals surface area (Å²) in [6.45, 7) is 1.89.